The number of hydrogen-bond donors (Lipinski definition) is 2. The van der Waals surface area contributed by atoms with E-state index >= 15 is 0 Å². The summed E-state index contributed by atoms with van der Waals surface area (Å²) in [6.45, 7) is 0. The number of benzene rings is 10. The van der Waals surface area contributed by atoms with Gasteiger partial charge in [0.2, 0.25) is 0 Å². The third-order valence-corrected chi connectivity index (χ3v) is 10.5. The summed E-state index contributed by atoms with van der Waals surface area (Å²) in [5.74, 6) is 0.447. The predicted molar refractivity (Wildman–Crippen MR) is 211 cm³/mol. The first kappa shape index (κ1) is 28.4. The van der Waals surface area contributed by atoms with Gasteiger partial charge in [-0.05, 0) is 100 Å². The predicted octanol–water partition coefficient (Wildman–Crippen LogP) is 13.0. The SMILES string of the molecule is Oc1c(-c2ccccc2)c(-c2cc3c(ccc4c5ccccc5ccc34)c(O)c2-c2ccccc2)cc2c1ccc1c3ccccc3ccc21. The molecule has 2 nitrogen and oxygen atoms in total. The molecule has 0 aliphatic heterocycles. The zero-order chi connectivity index (χ0) is 33.3. The van der Waals surface area contributed by atoms with Gasteiger partial charge in [-0.1, -0.05) is 146 Å². The van der Waals surface area contributed by atoms with Crippen molar-refractivity contribution in [2.24, 2.45) is 0 Å². The van der Waals surface area contributed by atoms with Gasteiger partial charge in [-0.25, -0.2) is 0 Å². The average molecular weight is 639 g/mol. The first-order chi connectivity index (χ1) is 24.7. The van der Waals surface area contributed by atoms with Crippen molar-refractivity contribution in [1.29, 1.82) is 0 Å². The van der Waals surface area contributed by atoms with Crippen molar-refractivity contribution in [1.82, 2.24) is 0 Å². The Morgan fingerprint density at radius 3 is 1.04 bits per heavy atom. The highest BCUT2D eigenvalue weighted by Crippen LogP contribution is 2.52. The van der Waals surface area contributed by atoms with Gasteiger partial charge >= 0.3 is 0 Å². The van der Waals surface area contributed by atoms with Crippen LogP contribution in [0, 0.1) is 0 Å². The topological polar surface area (TPSA) is 40.5 Å². The molecule has 0 aliphatic carbocycles. The molecule has 234 valence electrons. The van der Waals surface area contributed by atoms with Crippen LogP contribution in [0.3, 0.4) is 0 Å². The third kappa shape index (κ3) is 4.15. The Morgan fingerprint density at radius 2 is 0.600 bits per heavy atom. The second-order valence-electron chi connectivity index (χ2n) is 13.1. The first-order valence-corrected chi connectivity index (χ1v) is 17.0. The second-order valence-corrected chi connectivity index (χ2v) is 13.1. The van der Waals surface area contributed by atoms with Crippen LogP contribution in [0.25, 0.3) is 98.0 Å². The van der Waals surface area contributed by atoms with Crippen LogP contribution < -0.4 is 0 Å². The summed E-state index contributed by atoms with van der Waals surface area (Å²) in [5, 5.41) is 37.4. The normalized spacial score (nSPS) is 11.8. The molecule has 2 heteroatoms. The lowest BCUT2D eigenvalue weighted by molar-refractivity contribution is 0.482. The minimum absolute atomic E-state index is 0.223. The maximum absolute atomic E-state index is 12.4. The Labute approximate surface area is 288 Å². The second kappa shape index (κ2) is 10.9. The number of aromatic hydroxyl groups is 2. The molecule has 0 spiro atoms. The van der Waals surface area contributed by atoms with E-state index in [1.165, 1.54) is 21.5 Å². The van der Waals surface area contributed by atoms with Crippen LogP contribution in [0.15, 0.2) is 170 Å². The van der Waals surface area contributed by atoms with Crippen LogP contribution in [0.5, 0.6) is 11.5 Å². The summed E-state index contributed by atoms with van der Waals surface area (Å²) in [5.41, 5.74) is 5.00. The van der Waals surface area contributed by atoms with E-state index in [9.17, 15) is 10.2 Å². The summed E-state index contributed by atoms with van der Waals surface area (Å²) in [6.07, 6.45) is 0. The Bertz CT molecular complexity index is 2770. The van der Waals surface area contributed by atoms with Gasteiger partial charge in [0.1, 0.15) is 11.5 Å². The Kier molecular flexibility index (Phi) is 6.21. The number of fused-ring (bicyclic) bond motifs is 10. The molecule has 0 heterocycles. The van der Waals surface area contributed by atoms with Gasteiger partial charge in [-0.3, -0.25) is 0 Å². The van der Waals surface area contributed by atoms with Crippen LogP contribution in [0.4, 0.5) is 0 Å². The maximum atomic E-state index is 12.4. The molecule has 10 aromatic rings. The first-order valence-electron chi connectivity index (χ1n) is 17.0. The number of phenols is 2. The lowest BCUT2D eigenvalue weighted by Crippen LogP contribution is -1.94. The van der Waals surface area contributed by atoms with Crippen molar-refractivity contribution in [3.8, 4) is 44.9 Å². The van der Waals surface area contributed by atoms with Crippen LogP contribution >= 0.6 is 0 Å². The quantitative estimate of drug-likeness (QED) is 0.189. The van der Waals surface area contributed by atoms with Gasteiger partial charge in [0.15, 0.2) is 0 Å². The van der Waals surface area contributed by atoms with E-state index in [-0.39, 0.29) is 11.5 Å². The van der Waals surface area contributed by atoms with Crippen molar-refractivity contribution in [3.63, 3.8) is 0 Å². The van der Waals surface area contributed by atoms with Crippen molar-refractivity contribution in [2.45, 2.75) is 0 Å². The molecule has 10 aromatic carbocycles. The minimum atomic E-state index is 0.223. The van der Waals surface area contributed by atoms with E-state index < -0.39 is 0 Å². The van der Waals surface area contributed by atoms with Gasteiger partial charge in [0.05, 0.1) is 0 Å². The molecule has 2 N–H and O–H groups in total. The smallest absolute Gasteiger partial charge is 0.131 e. The summed E-state index contributed by atoms with van der Waals surface area (Å²) in [4.78, 5) is 0. The van der Waals surface area contributed by atoms with E-state index in [0.717, 1.165) is 76.5 Å². The molecular formula is C48H30O2. The largest absolute Gasteiger partial charge is 0.507 e. The van der Waals surface area contributed by atoms with E-state index in [1.54, 1.807) is 0 Å². The molecular weight excluding hydrogens is 609 g/mol. The molecule has 0 saturated heterocycles. The van der Waals surface area contributed by atoms with Crippen LogP contribution in [0.2, 0.25) is 0 Å². The highest BCUT2D eigenvalue weighted by Gasteiger charge is 2.24. The van der Waals surface area contributed by atoms with Crippen molar-refractivity contribution < 1.29 is 10.2 Å². The molecule has 10 rings (SSSR count). The fourth-order valence-corrected chi connectivity index (χ4v) is 8.12. The van der Waals surface area contributed by atoms with Gasteiger partial charge in [-0.15, -0.1) is 0 Å². The fourth-order valence-electron chi connectivity index (χ4n) is 8.12. The van der Waals surface area contributed by atoms with Gasteiger partial charge < -0.3 is 10.2 Å². The molecule has 0 bridgehead atoms. The maximum Gasteiger partial charge on any atom is 0.131 e. The van der Waals surface area contributed by atoms with E-state index in [4.69, 9.17) is 0 Å². The van der Waals surface area contributed by atoms with Crippen LogP contribution in [-0.2, 0) is 0 Å². The van der Waals surface area contributed by atoms with Gasteiger partial charge in [0.25, 0.3) is 0 Å². The molecule has 0 amide bonds. The standard InChI is InChI=1S/C48H30O2/c49-47-39-25-23-35-33-17-9-7-11-29(33)19-21-37(35)41(39)27-43(45(47)31-13-3-1-4-14-31)44-28-42-38-22-20-30-12-8-10-18-34(30)36(38)24-26-40(42)48(50)46(44)32-15-5-2-6-16-32/h1-28,49-50H. The lowest BCUT2D eigenvalue weighted by atomic mass is 9.83. The number of rotatable bonds is 3. The van der Waals surface area contributed by atoms with Crippen LogP contribution in [-0.4, -0.2) is 10.2 Å². The molecule has 0 unspecified atom stereocenters. The highest BCUT2D eigenvalue weighted by molar-refractivity contribution is 6.23. The van der Waals surface area contributed by atoms with Crippen molar-refractivity contribution in [3.05, 3.63) is 170 Å². The summed E-state index contributed by atoms with van der Waals surface area (Å²) < 4.78 is 0. The number of hydrogen-bond acceptors (Lipinski definition) is 2. The summed E-state index contributed by atoms with van der Waals surface area (Å²) >= 11 is 0. The van der Waals surface area contributed by atoms with Crippen molar-refractivity contribution in [2.75, 3.05) is 0 Å². The van der Waals surface area contributed by atoms with Crippen LogP contribution in [0.1, 0.15) is 0 Å². The van der Waals surface area contributed by atoms with Gasteiger partial charge in [0, 0.05) is 21.9 Å². The zero-order valence-corrected chi connectivity index (χ0v) is 27.1. The summed E-state index contributed by atoms with van der Waals surface area (Å²) in [6, 6.07) is 58.5. The van der Waals surface area contributed by atoms with E-state index in [1.807, 2.05) is 72.8 Å². The molecule has 0 aromatic heterocycles. The molecule has 0 aliphatic rings. The van der Waals surface area contributed by atoms with E-state index in [0.29, 0.717) is 0 Å². The van der Waals surface area contributed by atoms with E-state index in [2.05, 4.69) is 97.1 Å². The fraction of sp³-hybridized carbons (Fsp3) is 0. The molecule has 0 radical (unpaired) electrons. The monoisotopic (exact) mass is 638 g/mol. The number of phenolic OH excluding ortho intramolecular Hbond substituents is 2. The molecule has 0 saturated carbocycles. The molecule has 50 heavy (non-hydrogen) atoms. The Hall–Kier alpha value is -6.64. The minimum Gasteiger partial charge on any atom is -0.507 e. The molecule has 0 fully saturated rings. The highest BCUT2D eigenvalue weighted by atomic mass is 16.3. The lowest BCUT2D eigenvalue weighted by Gasteiger charge is -2.21. The Morgan fingerprint density at radius 1 is 0.260 bits per heavy atom. The zero-order valence-electron chi connectivity index (χ0n) is 27.1. The van der Waals surface area contributed by atoms with Crippen molar-refractivity contribution >= 4 is 64.6 Å². The van der Waals surface area contributed by atoms with Gasteiger partial charge in [-0.2, -0.15) is 0 Å². The summed E-state index contributed by atoms with van der Waals surface area (Å²) in [7, 11) is 0. The average Bonchev–Trinajstić information content (AvgIpc) is 3.17. The third-order valence-electron chi connectivity index (χ3n) is 10.5. The molecule has 0 atom stereocenters. The Balaban J connectivity index is 1.40.